The molecule has 0 amide bonds. The second kappa shape index (κ2) is 8.35. The molecule has 0 saturated carbocycles. The van der Waals surface area contributed by atoms with Crippen LogP contribution in [0.4, 0.5) is 0 Å². The number of thioether (sulfide) groups is 1. The molecule has 0 fully saturated rings. The highest BCUT2D eigenvalue weighted by Gasteiger charge is 2.15. The number of benzene rings is 2. The van der Waals surface area contributed by atoms with Gasteiger partial charge in [0.25, 0.3) is 5.56 Å². The zero-order valence-corrected chi connectivity index (χ0v) is 15.1. The lowest BCUT2D eigenvalue weighted by Gasteiger charge is -2.15. The molecule has 0 aliphatic rings. The summed E-state index contributed by atoms with van der Waals surface area (Å²) in [6.07, 6.45) is -0.883. The lowest BCUT2D eigenvalue weighted by atomic mass is 10.2. The Morgan fingerprint density at radius 1 is 1.23 bits per heavy atom. The molecule has 0 bridgehead atoms. The van der Waals surface area contributed by atoms with Crippen molar-refractivity contribution in [3.8, 4) is 11.4 Å². The summed E-state index contributed by atoms with van der Waals surface area (Å²) in [7, 11) is 0. The Morgan fingerprint density at radius 2 is 2.04 bits per heavy atom. The fourth-order valence-electron chi connectivity index (χ4n) is 2.54. The molecular formula is C19H20N2O4S. The predicted molar refractivity (Wildman–Crippen MR) is 102 cm³/mol. The molecule has 2 N–H and O–H groups in total. The largest absolute Gasteiger partial charge is 0.494 e. The average molecular weight is 372 g/mol. The van der Waals surface area contributed by atoms with Gasteiger partial charge in [-0.15, -0.1) is 0 Å². The van der Waals surface area contributed by atoms with Crippen LogP contribution in [0.15, 0.2) is 58.5 Å². The van der Waals surface area contributed by atoms with E-state index in [0.717, 1.165) is 0 Å². The van der Waals surface area contributed by atoms with E-state index < -0.39 is 6.10 Å². The summed E-state index contributed by atoms with van der Waals surface area (Å²) in [6, 6.07) is 14.4. The number of nitrogens with zero attached hydrogens (tertiary/aromatic N) is 2. The van der Waals surface area contributed by atoms with Crippen LogP contribution in [-0.4, -0.2) is 44.8 Å². The third-order valence-electron chi connectivity index (χ3n) is 3.75. The van der Waals surface area contributed by atoms with Gasteiger partial charge in [-0.1, -0.05) is 30.0 Å². The Hall–Kier alpha value is -2.35. The summed E-state index contributed by atoms with van der Waals surface area (Å²) in [4.78, 5) is 17.7. The zero-order valence-electron chi connectivity index (χ0n) is 14.3. The first kappa shape index (κ1) is 18.4. The number of rotatable bonds is 7. The van der Waals surface area contributed by atoms with Crippen LogP contribution in [0, 0.1) is 0 Å². The number of ether oxygens (including phenoxy) is 1. The van der Waals surface area contributed by atoms with Crippen LogP contribution in [0.2, 0.25) is 0 Å². The zero-order chi connectivity index (χ0) is 18.5. The first-order chi connectivity index (χ1) is 12.6. The van der Waals surface area contributed by atoms with Crippen LogP contribution in [-0.2, 0) is 0 Å². The minimum absolute atomic E-state index is 0.190. The van der Waals surface area contributed by atoms with E-state index in [9.17, 15) is 9.90 Å². The summed E-state index contributed by atoms with van der Waals surface area (Å²) < 4.78 is 7.05. The summed E-state index contributed by atoms with van der Waals surface area (Å²) in [6.45, 7) is 2.08. The predicted octanol–water partition coefficient (Wildman–Crippen LogP) is 2.23. The first-order valence-electron chi connectivity index (χ1n) is 8.30. The van der Waals surface area contributed by atoms with E-state index in [-0.39, 0.29) is 17.9 Å². The third kappa shape index (κ3) is 3.90. The van der Waals surface area contributed by atoms with E-state index >= 15 is 0 Å². The van der Waals surface area contributed by atoms with E-state index in [1.807, 2.05) is 31.2 Å². The van der Waals surface area contributed by atoms with Gasteiger partial charge >= 0.3 is 0 Å². The topological polar surface area (TPSA) is 84.6 Å². The molecule has 1 unspecified atom stereocenters. The molecule has 136 valence electrons. The van der Waals surface area contributed by atoms with Crippen LogP contribution < -0.4 is 10.3 Å². The molecule has 0 aliphatic heterocycles. The van der Waals surface area contributed by atoms with Gasteiger partial charge in [0.15, 0.2) is 5.16 Å². The Bertz CT molecular complexity index is 958. The van der Waals surface area contributed by atoms with E-state index in [1.165, 1.54) is 16.3 Å². The number of hydrogen-bond acceptors (Lipinski definition) is 6. The van der Waals surface area contributed by atoms with Gasteiger partial charge in [0.2, 0.25) is 0 Å². The molecule has 3 aromatic rings. The van der Waals surface area contributed by atoms with E-state index in [0.29, 0.717) is 34.1 Å². The van der Waals surface area contributed by atoms with Gasteiger partial charge in [-0.05, 0) is 31.2 Å². The average Bonchev–Trinajstić information content (AvgIpc) is 2.66. The van der Waals surface area contributed by atoms with Crippen molar-refractivity contribution in [1.29, 1.82) is 0 Å². The normalized spacial score (nSPS) is 12.3. The van der Waals surface area contributed by atoms with Crippen LogP contribution in [0.25, 0.3) is 16.6 Å². The summed E-state index contributed by atoms with van der Waals surface area (Å²) in [5, 5.41) is 19.7. The molecule has 3 rings (SSSR count). The summed E-state index contributed by atoms with van der Waals surface area (Å²) >= 11 is 1.22. The van der Waals surface area contributed by atoms with E-state index in [4.69, 9.17) is 9.84 Å². The molecule has 7 heteroatoms. The maximum atomic E-state index is 13.1. The first-order valence-corrected chi connectivity index (χ1v) is 9.29. The van der Waals surface area contributed by atoms with Gasteiger partial charge in [-0.25, -0.2) is 4.98 Å². The molecule has 1 aromatic heterocycles. The van der Waals surface area contributed by atoms with Crippen molar-refractivity contribution in [1.82, 2.24) is 9.55 Å². The van der Waals surface area contributed by atoms with Gasteiger partial charge in [0, 0.05) is 11.8 Å². The van der Waals surface area contributed by atoms with Crippen molar-refractivity contribution in [3.05, 3.63) is 58.9 Å². The highest BCUT2D eigenvalue weighted by atomic mass is 32.2. The van der Waals surface area contributed by atoms with Crippen LogP contribution >= 0.6 is 11.8 Å². The molecular weight excluding hydrogens is 352 g/mol. The van der Waals surface area contributed by atoms with Gasteiger partial charge in [0.05, 0.1) is 35.9 Å². The fraction of sp³-hybridized carbons (Fsp3) is 0.263. The number of aromatic nitrogens is 2. The Balaban J connectivity index is 2.16. The highest BCUT2D eigenvalue weighted by Crippen LogP contribution is 2.24. The second-order valence-electron chi connectivity index (χ2n) is 5.63. The van der Waals surface area contributed by atoms with Gasteiger partial charge in [0.1, 0.15) is 5.75 Å². The summed E-state index contributed by atoms with van der Waals surface area (Å²) in [5.41, 5.74) is 1.04. The van der Waals surface area contributed by atoms with E-state index in [2.05, 4.69) is 4.98 Å². The number of hydrogen-bond donors (Lipinski definition) is 2. The van der Waals surface area contributed by atoms with Crippen molar-refractivity contribution < 1.29 is 14.9 Å². The standard InChI is InChI=1S/C19H20N2O4S/c1-2-25-15-7-5-6-13(10-15)21-18(24)16-8-3-4-9-17(16)20-19(21)26-12-14(23)11-22/h3-10,14,22-23H,2,11-12H2,1H3. The van der Waals surface area contributed by atoms with Crippen molar-refractivity contribution in [2.75, 3.05) is 19.0 Å². The molecule has 26 heavy (non-hydrogen) atoms. The van der Waals surface area contributed by atoms with Gasteiger partial charge in [-0.2, -0.15) is 0 Å². The number of para-hydroxylation sites is 1. The van der Waals surface area contributed by atoms with Crippen molar-refractivity contribution in [2.45, 2.75) is 18.2 Å². The Kier molecular flexibility index (Phi) is 5.92. The fourth-order valence-corrected chi connectivity index (χ4v) is 3.47. The molecule has 0 spiro atoms. The van der Waals surface area contributed by atoms with Crippen LogP contribution in [0.1, 0.15) is 6.92 Å². The molecule has 1 heterocycles. The van der Waals surface area contributed by atoms with Crippen LogP contribution in [0.5, 0.6) is 5.75 Å². The molecule has 0 radical (unpaired) electrons. The molecule has 0 aliphatic carbocycles. The number of fused-ring (bicyclic) bond motifs is 1. The third-order valence-corrected chi connectivity index (χ3v) is 4.83. The highest BCUT2D eigenvalue weighted by molar-refractivity contribution is 7.99. The van der Waals surface area contributed by atoms with Crippen molar-refractivity contribution in [2.24, 2.45) is 0 Å². The van der Waals surface area contributed by atoms with Gasteiger partial charge in [-0.3, -0.25) is 9.36 Å². The lowest BCUT2D eigenvalue weighted by Crippen LogP contribution is -2.23. The molecule has 1 atom stereocenters. The number of aliphatic hydroxyl groups is 2. The Morgan fingerprint density at radius 3 is 2.81 bits per heavy atom. The monoisotopic (exact) mass is 372 g/mol. The minimum Gasteiger partial charge on any atom is -0.494 e. The van der Waals surface area contributed by atoms with E-state index in [1.54, 1.807) is 24.3 Å². The number of aliphatic hydroxyl groups excluding tert-OH is 2. The molecule has 0 saturated heterocycles. The lowest BCUT2D eigenvalue weighted by molar-refractivity contribution is 0.113. The SMILES string of the molecule is CCOc1cccc(-n2c(SCC(O)CO)nc3ccccc3c2=O)c1. The van der Waals surface area contributed by atoms with Crippen LogP contribution in [0.3, 0.4) is 0 Å². The van der Waals surface area contributed by atoms with Crippen molar-refractivity contribution >= 4 is 22.7 Å². The molecule has 2 aromatic carbocycles. The minimum atomic E-state index is -0.883. The summed E-state index contributed by atoms with van der Waals surface area (Å²) in [5.74, 6) is 0.892. The maximum absolute atomic E-state index is 13.1. The maximum Gasteiger partial charge on any atom is 0.266 e. The van der Waals surface area contributed by atoms with Gasteiger partial charge < -0.3 is 14.9 Å². The second-order valence-corrected chi connectivity index (χ2v) is 6.62. The smallest absolute Gasteiger partial charge is 0.266 e. The molecule has 6 nitrogen and oxygen atoms in total. The quantitative estimate of drug-likeness (QED) is 0.489. The van der Waals surface area contributed by atoms with Crippen molar-refractivity contribution in [3.63, 3.8) is 0 Å². The Labute approximate surface area is 155 Å².